The minimum atomic E-state index is -4.89. The van der Waals surface area contributed by atoms with Gasteiger partial charge in [-0.05, 0) is 67.0 Å². The lowest BCUT2D eigenvalue weighted by atomic mass is 9.76. The first-order valence-electron chi connectivity index (χ1n) is 14.5. The molecule has 242 valence electrons. The van der Waals surface area contributed by atoms with Crippen molar-refractivity contribution in [3.63, 3.8) is 0 Å². The zero-order chi connectivity index (χ0) is 32.8. The summed E-state index contributed by atoms with van der Waals surface area (Å²) in [6.07, 6.45) is -3.99. The molecule has 0 bridgehead atoms. The summed E-state index contributed by atoms with van der Waals surface area (Å²) in [5.74, 6) is -1.87. The number of rotatable bonds is 7. The van der Waals surface area contributed by atoms with Gasteiger partial charge in [0, 0.05) is 37.5 Å². The number of aryl methyl sites for hydroxylation is 1. The molecular formula is C31H30ClF4N7O3. The number of aliphatic carboxylic acids is 1. The number of alkyl halides is 3. The Hall–Kier alpha value is -4.43. The van der Waals surface area contributed by atoms with Crippen LogP contribution in [0, 0.1) is 18.2 Å². The minimum absolute atomic E-state index is 0.0664. The van der Waals surface area contributed by atoms with Crippen LogP contribution in [0.3, 0.4) is 0 Å². The van der Waals surface area contributed by atoms with Crippen molar-refractivity contribution in [1.29, 1.82) is 0 Å². The number of carboxylic acid groups (broad SMARTS) is 1. The standard InChI is InChI=1S/C31H30ClF4N7O3/c1-17-6-9-43(41-17)24-13-19(18-3-5-21(32)22(33)12-18)2-4-20(24)27(31(34,35)36)46-26-14-25(39-29(37)40-26)42-10-7-30(8-11-42)15-23(28(44)45)38-16-30/h2-6,9,12-14,23,27,38H,7-8,10-11,15-16H2,1H3,(H,44,45)(H2,37,39,40)/t23-,27?/m0/s1. The van der Waals surface area contributed by atoms with E-state index in [9.17, 15) is 27.5 Å². The second-order valence-corrected chi connectivity index (χ2v) is 12.1. The fourth-order valence-electron chi connectivity index (χ4n) is 6.13. The molecule has 2 aromatic carbocycles. The molecule has 1 unspecified atom stereocenters. The second-order valence-electron chi connectivity index (χ2n) is 11.7. The Morgan fingerprint density at radius 3 is 2.48 bits per heavy atom. The maximum Gasteiger partial charge on any atom is 0.429 e. The second kappa shape index (κ2) is 12.1. The van der Waals surface area contributed by atoms with Crippen LogP contribution < -0.4 is 20.7 Å². The number of anilines is 2. The Morgan fingerprint density at radius 2 is 1.85 bits per heavy atom. The quantitative estimate of drug-likeness (QED) is 0.213. The van der Waals surface area contributed by atoms with E-state index in [2.05, 4.69) is 20.4 Å². The number of halogens is 5. The van der Waals surface area contributed by atoms with Crippen LogP contribution in [0.1, 0.15) is 36.6 Å². The van der Waals surface area contributed by atoms with Crippen LogP contribution in [0.4, 0.5) is 29.3 Å². The van der Waals surface area contributed by atoms with Crippen molar-refractivity contribution in [2.24, 2.45) is 5.41 Å². The Morgan fingerprint density at radius 1 is 1.13 bits per heavy atom. The highest BCUT2D eigenvalue weighted by molar-refractivity contribution is 6.30. The van der Waals surface area contributed by atoms with Gasteiger partial charge < -0.3 is 25.8 Å². The molecule has 0 aliphatic carbocycles. The van der Waals surface area contributed by atoms with Gasteiger partial charge in [0.05, 0.1) is 16.4 Å². The highest BCUT2D eigenvalue weighted by atomic mass is 35.5. The predicted molar refractivity (Wildman–Crippen MR) is 162 cm³/mol. The molecule has 2 saturated heterocycles. The summed E-state index contributed by atoms with van der Waals surface area (Å²) in [6, 6.07) is 10.7. The van der Waals surface area contributed by atoms with Crippen LogP contribution in [-0.2, 0) is 4.79 Å². The van der Waals surface area contributed by atoms with Crippen molar-refractivity contribution in [2.75, 3.05) is 30.3 Å². The van der Waals surface area contributed by atoms with E-state index in [1.54, 1.807) is 19.1 Å². The summed E-state index contributed by atoms with van der Waals surface area (Å²) in [5, 5.41) is 16.7. The number of carboxylic acids is 1. The van der Waals surface area contributed by atoms with Gasteiger partial charge in [0.25, 0.3) is 0 Å². The number of nitrogens with two attached hydrogens (primary N) is 1. The molecule has 10 nitrogen and oxygen atoms in total. The van der Waals surface area contributed by atoms with Gasteiger partial charge in [-0.3, -0.25) is 4.79 Å². The van der Waals surface area contributed by atoms with Crippen LogP contribution in [0.15, 0.2) is 54.7 Å². The van der Waals surface area contributed by atoms with Crippen LogP contribution in [0.5, 0.6) is 5.88 Å². The first-order chi connectivity index (χ1) is 21.8. The first kappa shape index (κ1) is 31.5. The van der Waals surface area contributed by atoms with Crippen LogP contribution in [0.25, 0.3) is 16.8 Å². The first-order valence-corrected chi connectivity index (χ1v) is 14.9. The number of hydrogen-bond acceptors (Lipinski definition) is 8. The maximum atomic E-state index is 14.8. The fourth-order valence-corrected chi connectivity index (χ4v) is 6.25. The van der Waals surface area contributed by atoms with Crippen molar-refractivity contribution >= 4 is 29.3 Å². The molecule has 4 aromatic rings. The highest BCUT2D eigenvalue weighted by Crippen LogP contribution is 2.43. The molecule has 0 saturated carbocycles. The summed E-state index contributed by atoms with van der Waals surface area (Å²) < 4.78 is 65.5. The molecule has 15 heteroatoms. The van der Waals surface area contributed by atoms with Crippen LogP contribution in [0.2, 0.25) is 5.02 Å². The molecule has 4 N–H and O–H groups in total. The van der Waals surface area contributed by atoms with Gasteiger partial charge in [-0.15, -0.1) is 0 Å². The SMILES string of the molecule is Cc1ccn(-c2cc(-c3ccc(Cl)c(F)c3)ccc2C(Oc2cc(N3CCC4(CC3)CN[C@H](C(=O)O)C4)nc(N)n2)C(F)(F)F)n1. The number of nitrogens with zero attached hydrogens (tertiary/aromatic N) is 5. The molecule has 2 aromatic heterocycles. The number of nitrogens with one attached hydrogen (secondary N) is 1. The third-order valence-corrected chi connectivity index (χ3v) is 8.89. The molecule has 46 heavy (non-hydrogen) atoms. The number of aromatic nitrogens is 4. The van der Waals surface area contributed by atoms with Crippen molar-refractivity contribution in [1.82, 2.24) is 25.1 Å². The Balaban J connectivity index is 1.31. The molecule has 6 rings (SSSR count). The van der Waals surface area contributed by atoms with E-state index in [1.165, 1.54) is 47.3 Å². The molecule has 4 heterocycles. The molecule has 2 fully saturated rings. The van der Waals surface area contributed by atoms with Gasteiger partial charge in [0.1, 0.15) is 17.7 Å². The highest BCUT2D eigenvalue weighted by Gasteiger charge is 2.46. The smallest absolute Gasteiger partial charge is 0.429 e. The Bertz CT molecular complexity index is 1780. The number of benzene rings is 2. The third-order valence-electron chi connectivity index (χ3n) is 8.58. The van der Waals surface area contributed by atoms with Crippen LogP contribution >= 0.6 is 11.6 Å². The van der Waals surface area contributed by atoms with E-state index in [0.717, 1.165) is 0 Å². The van der Waals surface area contributed by atoms with Gasteiger partial charge in [0.2, 0.25) is 17.9 Å². The molecule has 2 aliphatic rings. The molecule has 1 spiro atoms. The summed E-state index contributed by atoms with van der Waals surface area (Å²) in [5.41, 5.74) is 7.00. The average Bonchev–Trinajstić information content (AvgIpc) is 3.63. The molecule has 0 amide bonds. The van der Waals surface area contributed by atoms with Crippen molar-refractivity contribution in [3.8, 4) is 22.7 Å². The molecule has 0 radical (unpaired) electrons. The van der Waals surface area contributed by atoms with Crippen molar-refractivity contribution < 1.29 is 32.2 Å². The van der Waals surface area contributed by atoms with E-state index in [0.29, 0.717) is 61.5 Å². The lowest BCUT2D eigenvalue weighted by Crippen LogP contribution is -2.41. The monoisotopic (exact) mass is 659 g/mol. The van der Waals surface area contributed by atoms with Crippen LogP contribution in [-0.4, -0.2) is 62.7 Å². The van der Waals surface area contributed by atoms with Crippen molar-refractivity contribution in [2.45, 2.75) is 44.5 Å². The number of carbonyl (C=O) groups is 1. The van der Waals surface area contributed by atoms with E-state index in [-0.39, 0.29) is 33.5 Å². The Kier molecular flexibility index (Phi) is 8.27. The lowest BCUT2D eigenvalue weighted by Gasteiger charge is -2.39. The Labute approximate surface area is 266 Å². The van der Waals surface area contributed by atoms with E-state index < -0.39 is 30.1 Å². The summed E-state index contributed by atoms with van der Waals surface area (Å²) in [6.45, 7) is 3.28. The van der Waals surface area contributed by atoms with Gasteiger partial charge in [-0.1, -0.05) is 29.8 Å². The normalized spacial score (nSPS) is 18.6. The number of nitrogen functional groups attached to an aromatic ring is 1. The molecule has 2 atom stereocenters. The van der Waals surface area contributed by atoms with Gasteiger partial charge in [0.15, 0.2) is 0 Å². The molecular weight excluding hydrogens is 630 g/mol. The minimum Gasteiger partial charge on any atom is -0.480 e. The summed E-state index contributed by atoms with van der Waals surface area (Å²) >= 11 is 5.83. The lowest BCUT2D eigenvalue weighted by molar-refractivity contribution is -0.198. The van der Waals surface area contributed by atoms with Gasteiger partial charge in [-0.2, -0.15) is 28.2 Å². The van der Waals surface area contributed by atoms with E-state index >= 15 is 0 Å². The number of piperidine rings is 1. The topological polar surface area (TPSA) is 131 Å². The van der Waals surface area contributed by atoms with Gasteiger partial charge in [-0.25, -0.2) is 9.07 Å². The largest absolute Gasteiger partial charge is 0.480 e. The third kappa shape index (κ3) is 6.44. The zero-order valence-corrected chi connectivity index (χ0v) is 25.3. The van der Waals surface area contributed by atoms with Crippen molar-refractivity contribution in [3.05, 3.63) is 76.8 Å². The van der Waals surface area contributed by atoms with E-state index in [4.69, 9.17) is 22.1 Å². The average molecular weight is 660 g/mol. The number of ether oxygens (including phenoxy) is 1. The van der Waals surface area contributed by atoms with E-state index in [1.807, 2.05) is 4.90 Å². The molecule has 2 aliphatic heterocycles. The fraction of sp³-hybridized carbons (Fsp3) is 0.355. The zero-order valence-electron chi connectivity index (χ0n) is 24.6. The van der Waals surface area contributed by atoms with Gasteiger partial charge >= 0.3 is 12.1 Å². The maximum absolute atomic E-state index is 14.8. The summed E-state index contributed by atoms with van der Waals surface area (Å²) in [4.78, 5) is 21.5. The predicted octanol–water partition coefficient (Wildman–Crippen LogP) is 5.73. The number of hydrogen-bond donors (Lipinski definition) is 3. The summed E-state index contributed by atoms with van der Waals surface area (Å²) in [7, 11) is 0.